The van der Waals surface area contributed by atoms with E-state index in [9.17, 15) is 4.79 Å². The third-order valence-corrected chi connectivity index (χ3v) is 4.27. The number of anilines is 1. The molecule has 0 saturated heterocycles. The van der Waals surface area contributed by atoms with Crippen molar-refractivity contribution in [3.05, 3.63) is 84.3 Å². The molecule has 2 aromatic carbocycles. The molecule has 0 aliphatic carbocycles. The highest BCUT2D eigenvalue weighted by molar-refractivity contribution is 5.92. The molecule has 0 atom stereocenters. The summed E-state index contributed by atoms with van der Waals surface area (Å²) >= 11 is 0. The molecular weight excluding hydrogens is 324 g/mol. The largest absolute Gasteiger partial charge is 0.326 e. The topological polar surface area (TPSA) is 59.3 Å². The molecule has 26 heavy (non-hydrogen) atoms. The lowest BCUT2D eigenvalue weighted by Gasteiger charge is -2.07. The Labute approximate surface area is 151 Å². The highest BCUT2D eigenvalue weighted by Crippen LogP contribution is 2.21. The molecule has 0 unspecified atom stereocenters. The van der Waals surface area contributed by atoms with Crippen LogP contribution >= 0.6 is 0 Å². The fourth-order valence-electron chi connectivity index (χ4n) is 2.84. The van der Waals surface area contributed by atoms with Gasteiger partial charge in [0.2, 0.25) is 5.91 Å². The monoisotopic (exact) mass is 342 g/mol. The van der Waals surface area contributed by atoms with E-state index in [2.05, 4.69) is 15.4 Å². The Kier molecular flexibility index (Phi) is 4.19. The van der Waals surface area contributed by atoms with Crippen LogP contribution in [0.5, 0.6) is 0 Å². The lowest BCUT2D eigenvalue weighted by atomic mass is 10.0. The van der Waals surface area contributed by atoms with Crippen LogP contribution in [0.4, 0.5) is 5.69 Å². The fourth-order valence-corrected chi connectivity index (χ4v) is 2.84. The van der Waals surface area contributed by atoms with Crippen molar-refractivity contribution in [3.8, 4) is 11.1 Å². The van der Waals surface area contributed by atoms with Gasteiger partial charge in [-0.3, -0.25) is 4.79 Å². The van der Waals surface area contributed by atoms with Crippen molar-refractivity contribution in [1.82, 2.24) is 14.6 Å². The van der Waals surface area contributed by atoms with Gasteiger partial charge in [0, 0.05) is 11.9 Å². The van der Waals surface area contributed by atoms with Crippen molar-refractivity contribution in [2.45, 2.75) is 13.3 Å². The summed E-state index contributed by atoms with van der Waals surface area (Å²) in [5, 5.41) is 7.02. The van der Waals surface area contributed by atoms with Crippen LogP contribution in [0.25, 0.3) is 16.8 Å². The standard InChI is InChI=1S/C21H18N4O/c1-15-2-8-19(9-3-15)24-21(26)12-16-4-6-17(7-5-16)18-10-11-25-20(13-18)22-14-23-25/h2-11,13-14H,12H2,1H3,(H,24,26). The zero-order valence-electron chi connectivity index (χ0n) is 14.4. The number of aromatic nitrogens is 3. The third kappa shape index (κ3) is 3.47. The van der Waals surface area contributed by atoms with Gasteiger partial charge in [0.1, 0.15) is 6.33 Å². The van der Waals surface area contributed by atoms with Gasteiger partial charge in [-0.1, -0.05) is 42.0 Å². The van der Waals surface area contributed by atoms with E-state index < -0.39 is 0 Å². The molecule has 0 bridgehead atoms. The maximum Gasteiger partial charge on any atom is 0.228 e. The first kappa shape index (κ1) is 16.0. The van der Waals surface area contributed by atoms with Gasteiger partial charge in [0.15, 0.2) is 5.65 Å². The maximum atomic E-state index is 12.2. The highest BCUT2D eigenvalue weighted by Gasteiger charge is 2.06. The van der Waals surface area contributed by atoms with Crippen molar-refractivity contribution in [2.75, 3.05) is 5.32 Å². The summed E-state index contributed by atoms with van der Waals surface area (Å²) < 4.78 is 1.73. The van der Waals surface area contributed by atoms with E-state index in [4.69, 9.17) is 0 Å². The summed E-state index contributed by atoms with van der Waals surface area (Å²) in [6.07, 6.45) is 3.77. The summed E-state index contributed by atoms with van der Waals surface area (Å²) in [4.78, 5) is 16.4. The minimum Gasteiger partial charge on any atom is -0.326 e. The molecule has 0 fully saturated rings. The lowest BCUT2D eigenvalue weighted by molar-refractivity contribution is -0.115. The molecule has 0 radical (unpaired) electrons. The van der Waals surface area contributed by atoms with Crippen LogP contribution in [-0.2, 0) is 11.2 Å². The van der Waals surface area contributed by atoms with Crippen LogP contribution in [0.1, 0.15) is 11.1 Å². The van der Waals surface area contributed by atoms with E-state index in [-0.39, 0.29) is 5.91 Å². The zero-order valence-corrected chi connectivity index (χ0v) is 14.4. The molecule has 1 N–H and O–H groups in total. The van der Waals surface area contributed by atoms with E-state index >= 15 is 0 Å². The minimum atomic E-state index is -0.0218. The number of benzene rings is 2. The quantitative estimate of drug-likeness (QED) is 0.612. The number of rotatable bonds is 4. The molecule has 5 nitrogen and oxygen atoms in total. The summed E-state index contributed by atoms with van der Waals surface area (Å²) in [7, 11) is 0. The molecule has 5 heteroatoms. The van der Waals surface area contributed by atoms with Crippen LogP contribution in [0, 0.1) is 6.92 Å². The van der Waals surface area contributed by atoms with Crippen LogP contribution in [-0.4, -0.2) is 20.5 Å². The van der Waals surface area contributed by atoms with Gasteiger partial charge >= 0.3 is 0 Å². The van der Waals surface area contributed by atoms with Gasteiger partial charge in [0.25, 0.3) is 0 Å². The van der Waals surface area contributed by atoms with Crippen LogP contribution in [0.3, 0.4) is 0 Å². The Morgan fingerprint density at radius 1 is 1.00 bits per heavy atom. The molecule has 4 aromatic rings. The van der Waals surface area contributed by atoms with E-state index in [0.29, 0.717) is 6.42 Å². The summed E-state index contributed by atoms with van der Waals surface area (Å²) in [5.74, 6) is -0.0218. The number of amides is 1. The van der Waals surface area contributed by atoms with Gasteiger partial charge in [-0.05, 0) is 47.9 Å². The fraction of sp³-hybridized carbons (Fsp3) is 0.0952. The van der Waals surface area contributed by atoms with Gasteiger partial charge in [-0.25, -0.2) is 9.50 Å². The number of nitrogens with zero attached hydrogens (tertiary/aromatic N) is 3. The van der Waals surface area contributed by atoms with Crippen molar-refractivity contribution in [3.63, 3.8) is 0 Å². The van der Waals surface area contributed by atoms with E-state index in [1.807, 2.05) is 73.8 Å². The number of hydrogen-bond acceptors (Lipinski definition) is 3. The Morgan fingerprint density at radius 3 is 2.54 bits per heavy atom. The van der Waals surface area contributed by atoms with Crippen LogP contribution in [0.2, 0.25) is 0 Å². The first-order chi connectivity index (χ1) is 12.7. The summed E-state index contributed by atoms with van der Waals surface area (Å²) in [6.45, 7) is 2.02. The number of fused-ring (bicyclic) bond motifs is 1. The predicted octanol–water partition coefficient (Wildman–Crippen LogP) is 3.89. The second-order valence-corrected chi connectivity index (χ2v) is 6.27. The molecule has 128 valence electrons. The second-order valence-electron chi connectivity index (χ2n) is 6.27. The second kappa shape index (κ2) is 6.80. The Hall–Kier alpha value is -3.47. The average molecular weight is 342 g/mol. The number of nitrogens with one attached hydrogen (secondary N) is 1. The summed E-state index contributed by atoms with van der Waals surface area (Å²) in [5.41, 5.74) is 5.92. The normalized spacial score (nSPS) is 10.8. The van der Waals surface area contributed by atoms with Crippen LogP contribution in [0.15, 0.2) is 73.2 Å². The first-order valence-electron chi connectivity index (χ1n) is 8.43. The van der Waals surface area contributed by atoms with Gasteiger partial charge in [0.05, 0.1) is 6.42 Å². The lowest BCUT2D eigenvalue weighted by Crippen LogP contribution is -2.14. The SMILES string of the molecule is Cc1ccc(NC(=O)Cc2ccc(-c3ccn4ncnc4c3)cc2)cc1. The average Bonchev–Trinajstić information content (AvgIpc) is 3.12. The molecule has 4 rings (SSSR count). The molecule has 1 amide bonds. The number of carbonyl (C=O) groups is 1. The van der Waals surface area contributed by atoms with E-state index in [1.165, 1.54) is 11.9 Å². The Morgan fingerprint density at radius 2 is 1.77 bits per heavy atom. The van der Waals surface area contributed by atoms with Crippen molar-refractivity contribution in [2.24, 2.45) is 0 Å². The molecule has 0 saturated carbocycles. The molecule has 0 spiro atoms. The Bertz CT molecular complexity index is 1050. The maximum absolute atomic E-state index is 12.2. The molecule has 0 aliphatic heterocycles. The highest BCUT2D eigenvalue weighted by atomic mass is 16.1. The Balaban J connectivity index is 1.45. The first-order valence-corrected chi connectivity index (χ1v) is 8.43. The third-order valence-electron chi connectivity index (χ3n) is 4.27. The minimum absolute atomic E-state index is 0.0218. The number of aryl methyl sites for hydroxylation is 1. The van der Waals surface area contributed by atoms with Gasteiger partial charge < -0.3 is 5.32 Å². The van der Waals surface area contributed by atoms with E-state index in [1.54, 1.807) is 4.52 Å². The smallest absolute Gasteiger partial charge is 0.228 e. The molecule has 0 aliphatic rings. The molecular formula is C21H18N4O. The predicted molar refractivity (Wildman–Crippen MR) is 102 cm³/mol. The van der Waals surface area contributed by atoms with E-state index in [0.717, 1.165) is 28.0 Å². The molecule has 2 heterocycles. The van der Waals surface area contributed by atoms with Crippen molar-refractivity contribution < 1.29 is 4.79 Å². The van der Waals surface area contributed by atoms with Gasteiger partial charge in [-0.15, -0.1) is 0 Å². The zero-order chi connectivity index (χ0) is 17.9. The molecule has 2 aromatic heterocycles. The summed E-state index contributed by atoms with van der Waals surface area (Å²) in [6, 6.07) is 19.8. The number of hydrogen-bond donors (Lipinski definition) is 1. The number of pyridine rings is 1. The van der Waals surface area contributed by atoms with Crippen LogP contribution < -0.4 is 5.32 Å². The van der Waals surface area contributed by atoms with Crippen molar-refractivity contribution in [1.29, 1.82) is 0 Å². The van der Waals surface area contributed by atoms with Crippen molar-refractivity contribution >= 4 is 17.2 Å². The number of carbonyl (C=O) groups excluding carboxylic acids is 1. The van der Waals surface area contributed by atoms with Gasteiger partial charge in [-0.2, -0.15) is 5.10 Å².